The summed E-state index contributed by atoms with van der Waals surface area (Å²) in [6.45, 7) is 3.16. The molecule has 47 heavy (non-hydrogen) atoms. The van der Waals surface area contributed by atoms with Gasteiger partial charge in [0, 0.05) is 56.1 Å². The number of aliphatic hydroxyl groups is 1. The normalized spacial score (nSPS) is 19.9. The Labute approximate surface area is 273 Å². The third-order valence-corrected chi connectivity index (χ3v) is 9.68. The molecule has 2 aromatic carbocycles. The average Bonchev–Trinajstić information content (AvgIpc) is 3.55. The first-order valence-electron chi connectivity index (χ1n) is 16.2. The fraction of sp³-hybridized carbons (Fsp3) is 0.361. The summed E-state index contributed by atoms with van der Waals surface area (Å²) >= 11 is 0. The molecule has 2 aliphatic rings. The van der Waals surface area contributed by atoms with Gasteiger partial charge in [0.2, 0.25) is 5.91 Å². The van der Waals surface area contributed by atoms with Gasteiger partial charge >= 0.3 is 6.01 Å². The first-order valence-corrected chi connectivity index (χ1v) is 16.2. The number of amides is 1. The Morgan fingerprint density at radius 1 is 0.979 bits per heavy atom. The van der Waals surface area contributed by atoms with Crippen molar-refractivity contribution in [2.45, 2.75) is 43.9 Å². The number of methoxy groups -OCH3 is 1. The van der Waals surface area contributed by atoms with E-state index in [-0.39, 0.29) is 29.8 Å². The number of fused-ring (bicyclic) bond motifs is 1. The van der Waals surface area contributed by atoms with Gasteiger partial charge in [-0.3, -0.25) is 19.1 Å². The van der Waals surface area contributed by atoms with Crippen molar-refractivity contribution in [1.29, 1.82) is 0 Å². The zero-order valence-corrected chi connectivity index (χ0v) is 26.5. The molecule has 0 radical (unpaired) electrons. The van der Waals surface area contributed by atoms with Crippen LogP contribution in [0.4, 0.5) is 0 Å². The van der Waals surface area contributed by atoms with Gasteiger partial charge in [0.05, 0.1) is 30.3 Å². The standard InChI is InChI=1S/C36H39N7O4/c1-47-35-37-17-12-27(39-35)22-40-18-13-29(31(23-40)26-8-4-2-5-9-26)33(44)41-20-15-36(46,16-21-41)24-42-25-38-32-30(34(42)45)14-19-43(32)28-10-6-3-7-11-28/h2-12,14,17,19,25,29,31,46H,13,15-16,18,20-24H2,1H3/t29-,31+/m1/s1. The second-order valence-corrected chi connectivity index (χ2v) is 12.7. The van der Waals surface area contributed by atoms with Crippen LogP contribution in [0, 0.1) is 5.92 Å². The minimum absolute atomic E-state index is 0.0292. The zero-order chi connectivity index (χ0) is 32.4. The van der Waals surface area contributed by atoms with Gasteiger partial charge in [-0.25, -0.2) is 9.97 Å². The van der Waals surface area contributed by atoms with E-state index in [1.165, 1.54) is 10.9 Å². The number of nitrogens with zero attached hydrogens (tertiary/aromatic N) is 7. The molecule has 2 saturated heterocycles. The summed E-state index contributed by atoms with van der Waals surface area (Å²) < 4.78 is 8.60. The van der Waals surface area contributed by atoms with E-state index in [2.05, 4.69) is 32.0 Å². The molecule has 3 aromatic heterocycles. The number of para-hydroxylation sites is 1. The number of likely N-dealkylation sites (tertiary alicyclic amines) is 2. The summed E-state index contributed by atoms with van der Waals surface area (Å²) in [5.41, 5.74) is 2.24. The number of hydrogen-bond donors (Lipinski definition) is 1. The van der Waals surface area contributed by atoms with E-state index in [4.69, 9.17) is 4.74 Å². The lowest BCUT2D eigenvalue weighted by atomic mass is 9.79. The van der Waals surface area contributed by atoms with Crippen LogP contribution in [0.15, 0.2) is 96.3 Å². The molecule has 5 heterocycles. The number of carbonyl (C=O) groups excluding carboxylic acids is 1. The maximum atomic E-state index is 14.1. The highest BCUT2D eigenvalue weighted by molar-refractivity contribution is 5.80. The van der Waals surface area contributed by atoms with Crippen molar-refractivity contribution in [3.05, 3.63) is 113 Å². The van der Waals surface area contributed by atoms with Crippen LogP contribution in [-0.4, -0.2) is 83.8 Å². The van der Waals surface area contributed by atoms with Crippen molar-refractivity contribution in [2.75, 3.05) is 33.3 Å². The lowest BCUT2D eigenvalue weighted by Gasteiger charge is -2.43. The Bertz CT molecular complexity index is 1900. The monoisotopic (exact) mass is 633 g/mol. The third kappa shape index (κ3) is 6.41. The van der Waals surface area contributed by atoms with Gasteiger partial charge in [-0.15, -0.1) is 0 Å². The molecule has 2 atom stereocenters. The van der Waals surface area contributed by atoms with Crippen LogP contribution in [0.1, 0.15) is 36.4 Å². The molecule has 0 saturated carbocycles. The maximum Gasteiger partial charge on any atom is 0.316 e. The Morgan fingerprint density at radius 3 is 2.47 bits per heavy atom. The van der Waals surface area contributed by atoms with E-state index in [9.17, 15) is 14.7 Å². The van der Waals surface area contributed by atoms with Crippen LogP contribution in [0.2, 0.25) is 0 Å². The van der Waals surface area contributed by atoms with E-state index in [1.54, 1.807) is 19.4 Å². The minimum Gasteiger partial charge on any atom is -0.467 e. The lowest BCUT2D eigenvalue weighted by Crippen LogP contribution is -2.53. The van der Waals surface area contributed by atoms with Crippen LogP contribution in [0.25, 0.3) is 16.7 Å². The minimum atomic E-state index is -1.11. The number of benzene rings is 2. The number of carbonyl (C=O) groups is 1. The van der Waals surface area contributed by atoms with E-state index in [0.29, 0.717) is 49.5 Å². The molecule has 5 aromatic rings. The molecule has 2 fully saturated rings. The second-order valence-electron chi connectivity index (χ2n) is 12.7. The molecule has 1 N–H and O–H groups in total. The molecule has 0 unspecified atom stereocenters. The third-order valence-electron chi connectivity index (χ3n) is 9.68. The molecule has 242 valence electrons. The summed E-state index contributed by atoms with van der Waals surface area (Å²) in [5.74, 6) is -0.00372. The Hall–Kier alpha value is -4.87. The Morgan fingerprint density at radius 2 is 1.72 bits per heavy atom. The largest absolute Gasteiger partial charge is 0.467 e. The Balaban J connectivity index is 1.02. The van der Waals surface area contributed by atoms with E-state index in [0.717, 1.165) is 36.5 Å². The number of ether oxygens (including phenoxy) is 1. The highest BCUT2D eigenvalue weighted by atomic mass is 16.5. The maximum absolute atomic E-state index is 14.1. The predicted octanol–water partition coefficient (Wildman–Crippen LogP) is 3.65. The van der Waals surface area contributed by atoms with Crippen molar-refractivity contribution in [1.82, 2.24) is 33.9 Å². The predicted molar refractivity (Wildman–Crippen MR) is 177 cm³/mol. The smallest absolute Gasteiger partial charge is 0.316 e. The van der Waals surface area contributed by atoms with Crippen molar-refractivity contribution in [3.63, 3.8) is 0 Å². The van der Waals surface area contributed by atoms with Crippen molar-refractivity contribution >= 4 is 16.9 Å². The number of aromatic nitrogens is 5. The first kappa shape index (κ1) is 30.8. The van der Waals surface area contributed by atoms with Gasteiger partial charge in [-0.1, -0.05) is 48.5 Å². The average molecular weight is 634 g/mol. The van der Waals surface area contributed by atoms with Crippen molar-refractivity contribution in [2.24, 2.45) is 5.92 Å². The van der Waals surface area contributed by atoms with Gasteiger partial charge in [-0.2, -0.15) is 4.98 Å². The molecule has 11 heteroatoms. The quantitative estimate of drug-likeness (QED) is 0.275. The summed E-state index contributed by atoms with van der Waals surface area (Å²) in [7, 11) is 1.56. The summed E-state index contributed by atoms with van der Waals surface area (Å²) in [6.07, 6.45) is 6.58. The van der Waals surface area contributed by atoms with Crippen LogP contribution >= 0.6 is 0 Å². The highest BCUT2D eigenvalue weighted by Gasteiger charge is 2.41. The number of rotatable bonds is 8. The molecule has 0 aliphatic carbocycles. The molecule has 1 amide bonds. The van der Waals surface area contributed by atoms with Gasteiger partial charge in [0.15, 0.2) is 5.65 Å². The summed E-state index contributed by atoms with van der Waals surface area (Å²) in [6, 6.07) is 24.0. The van der Waals surface area contributed by atoms with E-state index >= 15 is 0 Å². The Kier molecular flexibility index (Phi) is 8.57. The number of piperidine rings is 2. The SMILES string of the molecule is COc1nccc(CN2CC[C@@H](C(=O)N3CCC(O)(Cn4cnc5c(ccn5-c5ccccc5)c4=O)CC3)[C@H](c3ccccc3)C2)n1. The van der Waals surface area contributed by atoms with E-state index in [1.807, 2.05) is 70.3 Å². The fourth-order valence-corrected chi connectivity index (χ4v) is 7.11. The van der Waals surface area contributed by atoms with Crippen LogP contribution in [0.5, 0.6) is 6.01 Å². The fourth-order valence-electron chi connectivity index (χ4n) is 7.11. The molecule has 0 bridgehead atoms. The highest BCUT2D eigenvalue weighted by Crippen LogP contribution is 2.36. The molecule has 0 spiro atoms. The van der Waals surface area contributed by atoms with Crippen LogP contribution < -0.4 is 10.3 Å². The molecule has 11 nitrogen and oxygen atoms in total. The van der Waals surface area contributed by atoms with E-state index < -0.39 is 5.60 Å². The van der Waals surface area contributed by atoms with Crippen LogP contribution in [0.3, 0.4) is 0 Å². The van der Waals surface area contributed by atoms with Crippen molar-refractivity contribution < 1.29 is 14.6 Å². The summed E-state index contributed by atoms with van der Waals surface area (Å²) in [4.78, 5) is 45.0. The zero-order valence-electron chi connectivity index (χ0n) is 26.5. The first-order chi connectivity index (χ1) is 22.9. The summed E-state index contributed by atoms with van der Waals surface area (Å²) in [5, 5.41) is 12.1. The molecular formula is C36H39N7O4. The molecule has 7 rings (SSSR count). The molecule has 2 aliphatic heterocycles. The van der Waals surface area contributed by atoms with Gasteiger partial charge in [-0.05, 0) is 55.6 Å². The lowest BCUT2D eigenvalue weighted by molar-refractivity contribution is -0.142. The van der Waals surface area contributed by atoms with Crippen LogP contribution in [-0.2, 0) is 17.9 Å². The van der Waals surface area contributed by atoms with Gasteiger partial charge in [0.25, 0.3) is 5.56 Å². The second kappa shape index (κ2) is 13.1. The van der Waals surface area contributed by atoms with Gasteiger partial charge in [0.1, 0.15) is 6.33 Å². The topological polar surface area (TPSA) is 119 Å². The van der Waals surface area contributed by atoms with Gasteiger partial charge < -0.3 is 19.3 Å². The van der Waals surface area contributed by atoms with Crippen molar-refractivity contribution in [3.8, 4) is 11.7 Å². The number of hydrogen-bond acceptors (Lipinski definition) is 8. The molecular weight excluding hydrogens is 594 g/mol.